The number of carboxylic acids is 1. The van der Waals surface area contributed by atoms with Gasteiger partial charge in [-0.05, 0) is 18.2 Å². The fourth-order valence-corrected chi connectivity index (χ4v) is 1.38. The van der Waals surface area contributed by atoms with Gasteiger partial charge in [-0.1, -0.05) is 15.9 Å². The summed E-state index contributed by atoms with van der Waals surface area (Å²) in [5.74, 6) is -1.29. The molecule has 0 radical (unpaired) electrons. The lowest BCUT2D eigenvalue weighted by Crippen LogP contribution is -2.15. The Labute approximate surface area is 102 Å². The Kier molecular flexibility index (Phi) is 4.35. The van der Waals surface area contributed by atoms with Gasteiger partial charge in [0.25, 0.3) is 0 Å². The van der Waals surface area contributed by atoms with Gasteiger partial charge < -0.3 is 5.11 Å². The molecule has 0 aliphatic heterocycles. The van der Waals surface area contributed by atoms with Crippen molar-refractivity contribution < 1.29 is 27.9 Å². The van der Waals surface area contributed by atoms with Gasteiger partial charge in [0.2, 0.25) is 0 Å². The molecule has 0 saturated heterocycles. The molecular weight excluding hydrogens is 307 g/mol. The summed E-state index contributed by atoms with van der Waals surface area (Å²) >= 11 is 2.92. The van der Waals surface area contributed by atoms with E-state index in [4.69, 9.17) is 5.11 Å². The number of halogens is 4. The molecule has 0 aliphatic rings. The zero-order valence-electron chi connectivity index (χ0n) is 8.21. The predicted octanol–water partition coefficient (Wildman–Crippen LogP) is 2.90. The minimum absolute atomic E-state index is 0.258. The fraction of sp³-hybridized carbons (Fsp3) is 0.222. The van der Waals surface area contributed by atoms with Crippen LogP contribution in [0.3, 0.4) is 0 Å². The highest BCUT2D eigenvalue weighted by atomic mass is 79.9. The molecule has 0 amide bonds. The lowest BCUT2D eigenvalue weighted by molar-refractivity contribution is -0.141. The second kappa shape index (κ2) is 5.37. The van der Waals surface area contributed by atoms with E-state index in [1.54, 1.807) is 0 Å². The van der Waals surface area contributed by atoms with Crippen molar-refractivity contribution in [2.75, 3.05) is 12.1 Å². The molecule has 1 aromatic rings. The summed E-state index contributed by atoms with van der Waals surface area (Å²) in [4.78, 5) is 14.5. The normalized spacial score (nSPS) is 11.3. The van der Waals surface area contributed by atoms with Crippen molar-refractivity contribution >= 4 is 27.6 Å². The summed E-state index contributed by atoms with van der Waals surface area (Å²) in [5.41, 5.74) is 0.664. The Morgan fingerprint density at radius 2 is 2.12 bits per heavy atom. The molecule has 0 aliphatic carbocycles. The molecule has 4 nitrogen and oxygen atoms in total. The van der Waals surface area contributed by atoms with Crippen molar-refractivity contribution in [3.63, 3.8) is 0 Å². The van der Waals surface area contributed by atoms with Crippen molar-refractivity contribution in [1.29, 1.82) is 0 Å². The van der Waals surface area contributed by atoms with Crippen LogP contribution in [0.25, 0.3) is 0 Å². The molecule has 0 unspecified atom stereocenters. The van der Waals surface area contributed by atoms with Crippen molar-refractivity contribution in [2.24, 2.45) is 0 Å². The second-order valence-electron chi connectivity index (χ2n) is 2.97. The summed E-state index contributed by atoms with van der Waals surface area (Å²) < 4.78 is 38.0. The first-order valence-corrected chi connectivity index (χ1v) is 5.06. The van der Waals surface area contributed by atoms with Gasteiger partial charge in [0.05, 0.1) is 11.3 Å². The molecule has 1 aromatic carbocycles. The summed E-state index contributed by atoms with van der Waals surface area (Å²) in [6.45, 7) is -0.743. The molecule has 0 heterocycles. The third-order valence-corrected chi connectivity index (χ3v) is 2.16. The molecule has 0 spiro atoms. The van der Waals surface area contributed by atoms with Crippen LogP contribution in [0.1, 0.15) is 5.56 Å². The summed E-state index contributed by atoms with van der Waals surface area (Å²) in [5, 5.41) is 8.27. The van der Waals surface area contributed by atoms with Gasteiger partial charge in [0.15, 0.2) is 6.61 Å². The van der Waals surface area contributed by atoms with Crippen molar-refractivity contribution in [1.82, 2.24) is 0 Å². The topological polar surface area (TPSA) is 58.6 Å². The van der Waals surface area contributed by atoms with E-state index in [0.717, 1.165) is 12.1 Å². The minimum Gasteiger partial charge on any atom is -0.479 e. The lowest BCUT2D eigenvalue weighted by atomic mass is 10.2. The predicted molar refractivity (Wildman–Crippen MR) is 56.4 cm³/mol. The molecule has 94 valence electrons. The van der Waals surface area contributed by atoms with E-state index in [0.29, 0.717) is 0 Å². The molecule has 17 heavy (non-hydrogen) atoms. The van der Waals surface area contributed by atoms with E-state index in [9.17, 15) is 18.0 Å². The largest absolute Gasteiger partial charge is 0.479 e. The maximum Gasteiger partial charge on any atom is 0.418 e. The van der Waals surface area contributed by atoms with Gasteiger partial charge in [0, 0.05) is 4.47 Å². The van der Waals surface area contributed by atoms with E-state index in [1.807, 2.05) is 5.48 Å². The van der Waals surface area contributed by atoms with Crippen molar-refractivity contribution in [3.8, 4) is 0 Å². The highest BCUT2D eigenvalue weighted by Gasteiger charge is 2.33. The SMILES string of the molecule is O=C(O)CONc1ccc(Br)cc1C(F)(F)F. The maximum atomic E-state index is 12.6. The van der Waals surface area contributed by atoms with Crippen molar-refractivity contribution in [2.45, 2.75) is 6.18 Å². The second-order valence-corrected chi connectivity index (χ2v) is 3.89. The van der Waals surface area contributed by atoms with Crippen LogP contribution in [-0.2, 0) is 15.8 Å². The summed E-state index contributed by atoms with van der Waals surface area (Å²) in [7, 11) is 0. The Bertz CT molecular complexity index is 422. The Balaban J connectivity index is 2.87. The zero-order chi connectivity index (χ0) is 13.1. The average molecular weight is 314 g/mol. The molecule has 2 N–H and O–H groups in total. The van der Waals surface area contributed by atoms with Crippen LogP contribution in [0.5, 0.6) is 0 Å². The Morgan fingerprint density at radius 1 is 1.47 bits per heavy atom. The molecule has 0 atom stereocenters. The van der Waals surface area contributed by atoms with Crippen LogP contribution in [0.4, 0.5) is 18.9 Å². The van der Waals surface area contributed by atoms with Gasteiger partial charge in [0.1, 0.15) is 0 Å². The van der Waals surface area contributed by atoms with Crippen LogP contribution in [-0.4, -0.2) is 17.7 Å². The Morgan fingerprint density at radius 3 is 2.65 bits per heavy atom. The smallest absolute Gasteiger partial charge is 0.418 e. The lowest BCUT2D eigenvalue weighted by Gasteiger charge is -2.14. The van der Waals surface area contributed by atoms with E-state index in [2.05, 4.69) is 20.8 Å². The Hall–Kier alpha value is -1.28. The number of nitrogens with one attached hydrogen (secondary N) is 1. The quantitative estimate of drug-likeness (QED) is 0.839. The molecule has 0 aromatic heterocycles. The molecular formula is C9H7BrF3NO3. The van der Waals surface area contributed by atoms with Gasteiger partial charge in [-0.15, -0.1) is 0 Å². The molecule has 0 fully saturated rings. The van der Waals surface area contributed by atoms with E-state index < -0.39 is 24.3 Å². The fourth-order valence-electron chi connectivity index (χ4n) is 1.02. The standard InChI is InChI=1S/C9H7BrF3NO3/c10-5-1-2-7(14-17-4-8(15)16)6(3-5)9(11,12)13/h1-3,14H,4H2,(H,15,16). The molecule has 0 bridgehead atoms. The van der Waals surface area contributed by atoms with Crippen molar-refractivity contribution in [3.05, 3.63) is 28.2 Å². The van der Waals surface area contributed by atoms with Crippen LogP contribution >= 0.6 is 15.9 Å². The number of alkyl halides is 3. The number of carboxylic acid groups (broad SMARTS) is 1. The van der Waals surface area contributed by atoms with Gasteiger partial charge in [-0.3, -0.25) is 10.3 Å². The number of anilines is 1. The first kappa shape index (κ1) is 13.8. The minimum atomic E-state index is -4.56. The first-order chi connectivity index (χ1) is 7.80. The number of hydrogen-bond donors (Lipinski definition) is 2. The van der Waals surface area contributed by atoms with Gasteiger partial charge in [-0.25, -0.2) is 4.79 Å². The van der Waals surface area contributed by atoms with Crippen LogP contribution < -0.4 is 5.48 Å². The first-order valence-electron chi connectivity index (χ1n) is 4.27. The van der Waals surface area contributed by atoms with Gasteiger partial charge >= 0.3 is 12.1 Å². The molecule has 1 rings (SSSR count). The molecule has 8 heteroatoms. The van der Waals surface area contributed by atoms with Crippen LogP contribution in [0.2, 0.25) is 0 Å². The number of hydrogen-bond acceptors (Lipinski definition) is 3. The monoisotopic (exact) mass is 313 g/mol. The highest BCUT2D eigenvalue weighted by molar-refractivity contribution is 9.10. The average Bonchev–Trinajstić information content (AvgIpc) is 2.18. The number of aliphatic carboxylic acids is 1. The van der Waals surface area contributed by atoms with E-state index in [-0.39, 0.29) is 10.2 Å². The third-order valence-electron chi connectivity index (χ3n) is 1.66. The molecule has 0 saturated carbocycles. The number of rotatable bonds is 4. The maximum absolute atomic E-state index is 12.6. The summed E-state index contributed by atoms with van der Waals surface area (Å²) in [6.07, 6.45) is -4.56. The van der Waals surface area contributed by atoms with E-state index in [1.165, 1.54) is 6.07 Å². The van der Waals surface area contributed by atoms with Crippen LogP contribution in [0, 0.1) is 0 Å². The van der Waals surface area contributed by atoms with Gasteiger partial charge in [-0.2, -0.15) is 13.2 Å². The summed E-state index contributed by atoms with van der Waals surface area (Å²) in [6, 6.07) is 3.38. The number of carbonyl (C=O) groups is 1. The zero-order valence-corrected chi connectivity index (χ0v) is 9.80. The highest BCUT2D eigenvalue weighted by Crippen LogP contribution is 2.36. The number of benzene rings is 1. The van der Waals surface area contributed by atoms with E-state index >= 15 is 0 Å². The van der Waals surface area contributed by atoms with Crippen LogP contribution in [0.15, 0.2) is 22.7 Å². The third kappa shape index (κ3) is 4.23.